The van der Waals surface area contributed by atoms with Gasteiger partial charge in [-0.15, -0.1) is 0 Å². The molecule has 7 nitrogen and oxygen atoms in total. The van der Waals surface area contributed by atoms with Crippen LogP contribution in [0.1, 0.15) is 62.8 Å². The second kappa shape index (κ2) is 9.57. The van der Waals surface area contributed by atoms with Gasteiger partial charge in [0.05, 0.1) is 11.6 Å². The third-order valence-corrected chi connectivity index (χ3v) is 7.01. The van der Waals surface area contributed by atoms with E-state index in [-0.39, 0.29) is 17.7 Å². The van der Waals surface area contributed by atoms with Crippen LogP contribution in [0.2, 0.25) is 5.02 Å². The van der Waals surface area contributed by atoms with Gasteiger partial charge >= 0.3 is 0 Å². The van der Waals surface area contributed by atoms with E-state index in [0.717, 1.165) is 22.6 Å². The highest BCUT2D eigenvalue weighted by Crippen LogP contribution is 2.46. The van der Waals surface area contributed by atoms with Crippen LogP contribution in [0.3, 0.4) is 0 Å². The van der Waals surface area contributed by atoms with Crippen molar-refractivity contribution in [1.29, 1.82) is 0 Å². The van der Waals surface area contributed by atoms with Crippen LogP contribution in [0, 0.1) is 0 Å². The fourth-order valence-corrected chi connectivity index (χ4v) is 5.20. The number of hydrogen-bond donors (Lipinski definition) is 2. The molecule has 0 radical (unpaired) electrons. The average molecular weight is 472 g/mol. The van der Waals surface area contributed by atoms with E-state index in [9.17, 15) is 9.90 Å². The number of halogens is 1. The normalized spacial score (nSPS) is 23.7. The summed E-state index contributed by atoms with van der Waals surface area (Å²) in [6.07, 6.45) is 2.20. The number of nitrogens with one attached hydrogen (secondary N) is 1. The second-order valence-electron chi connectivity index (χ2n) is 9.82. The highest BCUT2D eigenvalue weighted by Gasteiger charge is 2.41. The van der Waals surface area contributed by atoms with Gasteiger partial charge in [0.2, 0.25) is 5.91 Å². The molecule has 0 spiro atoms. The van der Waals surface area contributed by atoms with Crippen molar-refractivity contribution in [2.75, 3.05) is 37.6 Å². The standard InChI is InChI=1S/C25H34ClN5O2/c1-16(2)27-14-20(18-5-7-19(26)8-6-18)24(32)31-11-9-30(10-12-31)23-21-17(3)13-25(4,33)22(21)28-15-29-23/h5-8,15-17,20,27,33H,9-14H2,1-4H3. The van der Waals surface area contributed by atoms with Crippen LogP contribution in [0.15, 0.2) is 30.6 Å². The number of fused-ring (bicyclic) bond motifs is 1. The lowest BCUT2D eigenvalue weighted by molar-refractivity contribution is -0.133. The molecule has 0 saturated carbocycles. The molecule has 2 N–H and O–H groups in total. The summed E-state index contributed by atoms with van der Waals surface area (Å²) >= 11 is 6.07. The van der Waals surface area contributed by atoms with Crippen LogP contribution in [0.4, 0.5) is 5.82 Å². The number of aliphatic hydroxyl groups is 1. The predicted molar refractivity (Wildman–Crippen MR) is 131 cm³/mol. The van der Waals surface area contributed by atoms with E-state index in [1.165, 1.54) is 0 Å². The molecule has 178 valence electrons. The minimum atomic E-state index is -0.917. The lowest BCUT2D eigenvalue weighted by Crippen LogP contribution is -2.51. The molecule has 1 saturated heterocycles. The number of nitrogens with zero attached hydrogens (tertiary/aromatic N) is 4. The molecule has 2 aromatic rings. The quantitative estimate of drug-likeness (QED) is 0.673. The summed E-state index contributed by atoms with van der Waals surface area (Å²) in [4.78, 5) is 26.7. The van der Waals surface area contributed by atoms with Gasteiger partial charge in [-0.3, -0.25) is 4.79 Å². The Bertz CT molecular complexity index is 987. The molecule has 1 fully saturated rings. The molecule has 1 aromatic carbocycles. The zero-order valence-electron chi connectivity index (χ0n) is 19.9. The lowest BCUT2D eigenvalue weighted by Gasteiger charge is -2.38. The van der Waals surface area contributed by atoms with Gasteiger partial charge in [-0.05, 0) is 37.0 Å². The van der Waals surface area contributed by atoms with E-state index in [1.54, 1.807) is 6.33 Å². The van der Waals surface area contributed by atoms with E-state index in [1.807, 2.05) is 36.1 Å². The first-order valence-electron chi connectivity index (χ1n) is 11.8. The molecule has 4 rings (SSSR count). The number of rotatable bonds is 6. The van der Waals surface area contributed by atoms with Crippen LogP contribution < -0.4 is 10.2 Å². The number of anilines is 1. The lowest BCUT2D eigenvalue weighted by atomic mass is 9.96. The maximum absolute atomic E-state index is 13.5. The summed E-state index contributed by atoms with van der Waals surface area (Å²) in [6.45, 7) is 11.4. The van der Waals surface area contributed by atoms with Gasteiger partial charge in [-0.2, -0.15) is 0 Å². The zero-order valence-corrected chi connectivity index (χ0v) is 20.6. The van der Waals surface area contributed by atoms with Crippen LogP contribution in [-0.4, -0.2) is 64.6 Å². The molecule has 1 amide bonds. The van der Waals surface area contributed by atoms with Crippen molar-refractivity contribution in [2.45, 2.75) is 57.6 Å². The maximum atomic E-state index is 13.5. The summed E-state index contributed by atoms with van der Waals surface area (Å²) in [5.41, 5.74) is 1.84. The first kappa shape index (κ1) is 23.9. The van der Waals surface area contributed by atoms with Gasteiger partial charge in [0.15, 0.2) is 0 Å². The fraction of sp³-hybridized carbons (Fsp3) is 0.560. The molecule has 33 heavy (non-hydrogen) atoms. The zero-order chi connectivity index (χ0) is 23.8. The van der Waals surface area contributed by atoms with Crippen LogP contribution in [-0.2, 0) is 10.4 Å². The third-order valence-electron chi connectivity index (χ3n) is 6.76. The van der Waals surface area contributed by atoms with Crippen molar-refractivity contribution < 1.29 is 9.90 Å². The van der Waals surface area contributed by atoms with Crippen molar-refractivity contribution in [2.24, 2.45) is 0 Å². The highest BCUT2D eigenvalue weighted by molar-refractivity contribution is 6.30. The average Bonchev–Trinajstić information content (AvgIpc) is 3.03. The van der Waals surface area contributed by atoms with E-state index in [0.29, 0.717) is 50.2 Å². The molecule has 1 aromatic heterocycles. The summed E-state index contributed by atoms with van der Waals surface area (Å²) < 4.78 is 0. The highest BCUT2D eigenvalue weighted by atomic mass is 35.5. The molecule has 1 aliphatic heterocycles. The Morgan fingerprint density at radius 1 is 1.21 bits per heavy atom. The monoisotopic (exact) mass is 471 g/mol. The molecule has 3 atom stereocenters. The Hall–Kier alpha value is -2.22. The van der Waals surface area contributed by atoms with Gasteiger partial charge < -0.3 is 20.2 Å². The van der Waals surface area contributed by atoms with E-state index in [2.05, 4.69) is 41.0 Å². The summed E-state index contributed by atoms with van der Waals surface area (Å²) in [7, 11) is 0. The first-order valence-corrected chi connectivity index (χ1v) is 12.2. The minimum absolute atomic E-state index is 0.134. The van der Waals surface area contributed by atoms with Gasteiger partial charge in [-0.25, -0.2) is 9.97 Å². The Labute approximate surface area is 201 Å². The van der Waals surface area contributed by atoms with Crippen molar-refractivity contribution in [3.63, 3.8) is 0 Å². The molecule has 3 unspecified atom stereocenters. The number of benzene rings is 1. The molecule has 1 aliphatic carbocycles. The number of carbonyl (C=O) groups is 1. The number of hydrogen-bond acceptors (Lipinski definition) is 6. The van der Waals surface area contributed by atoms with Gasteiger partial charge in [0, 0.05) is 49.4 Å². The van der Waals surface area contributed by atoms with Crippen molar-refractivity contribution >= 4 is 23.3 Å². The number of amides is 1. The molecule has 2 heterocycles. The van der Waals surface area contributed by atoms with Gasteiger partial charge in [-0.1, -0.05) is 44.5 Å². The van der Waals surface area contributed by atoms with Crippen molar-refractivity contribution in [1.82, 2.24) is 20.2 Å². The van der Waals surface area contributed by atoms with Gasteiger partial charge in [0.25, 0.3) is 0 Å². The number of carbonyl (C=O) groups excluding carboxylic acids is 1. The van der Waals surface area contributed by atoms with E-state index < -0.39 is 5.60 Å². The minimum Gasteiger partial charge on any atom is -0.384 e. The van der Waals surface area contributed by atoms with Crippen molar-refractivity contribution in [3.05, 3.63) is 52.4 Å². The second-order valence-corrected chi connectivity index (χ2v) is 10.3. The maximum Gasteiger partial charge on any atom is 0.231 e. The molecule has 8 heteroatoms. The Kier molecular flexibility index (Phi) is 6.93. The number of piperazine rings is 1. The summed E-state index contributed by atoms with van der Waals surface area (Å²) in [5.74, 6) is 0.972. The largest absolute Gasteiger partial charge is 0.384 e. The predicted octanol–water partition coefficient (Wildman–Crippen LogP) is 3.28. The smallest absolute Gasteiger partial charge is 0.231 e. The molecule has 0 bridgehead atoms. The number of aromatic nitrogens is 2. The van der Waals surface area contributed by atoms with Crippen LogP contribution >= 0.6 is 11.6 Å². The topological polar surface area (TPSA) is 81.6 Å². The SMILES string of the molecule is CC(C)NCC(C(=O)N1CCN(c2ncnc3c2C(C)CC3(C)O)CC1)c1ccc(Cl)cc1. The Morgan fingerprint density at radius 2 is 1.88 bits per heavy atom. The van der Waals surface area contributed by atoms with E-state index >= 15 is 0 Å². The summed E-state index contributed by atoms with van der Waals surface area (Å²) in [5, 5.41) is 14.8. The van der Waals surface area contributed by atoms with E-state index in [4.69, 9.17) is 11.6 Å². The molecular formula is C25H34ClN5O2. The van der Waals surface area contributed by atoms with Gasteiger partial charge in [0.1, 0.15) is 17.7 Å². The van der Waals surface area contributed by atoms with Crippen LogP contribution in [0.5, 0.6) is 0 Å². The van der Waals surface area contributed by atoms with Crippen molar-refractivity contribution in [3.8, 4) is 0 Å². The Morgan fingerprint density at radius 3 is 2.52 bits per heavy atom. The summed E-state index contributed by atoms with van der Waals surface area (Å²) in [6, 6.07) is 7.87. The van der Waals surface area contributed by atoms with Crippen LogP contribution in [0.25, 0.3) is 0 Å². The Balaban J connectivity index is 1.48. The fourth-order valence-electron chi connectivity index (χ4n) is 5.07. The molecular weight excluding hydrogens is 438 g/mol. The third kappa shape index (κ3) is 5.00. The first-order chi connectivity index (χ1) is 15.7. The molecule has 2 aliphatic rings.